The fourth-order valence-electron chi connectivity index (χ4n) is 1.55. The maximum Gasteiger partial charge on any atom is 0.231 e. The third-order valence-electron chi connectivity index (χ3n) is 2.29. The Labute approximate surface area is 88.2 Å². The van der Waals surface area contributed by atoms with Crippen LogP contribution in [0.1, 0.15) is 0 Å². The second kappa shape index (κ2) is 3.35. The highest BCUT2D eigenvalue weighted by Gasteiger charge is 2.15. The third kappa shape index (κ3) is 1.46. The number of fused-ring (bicyclic) bond motifs is 1. The first-order chi connectivity index (χ1) is 7.43. The van der Waals surface area contributed by atoms with Crippen molar-refractivity contribution in [3.8, 4) is 11.5 Å². The van der Waals surface area contributed by atoms with Crippen molar-refractivity contribution in [1.29, 1.82) is 0 Å². The summed E-state index contributed by atoms with van der Waals surface area (Å²) in [6.45, 7) is 3.40. The minimum atomic E-state index is 0.307. The number of hydrogen-bond donors (Lipinski definition) is 0. The molecule has 1 aromatic carbocycles. The van der Waals surface area contributed by atoms with Crippen molar-refractivity contribution in [1.82, 2.24) is 0 Å². The van der Waals surface area contributed by atoms with Crippen LogP contribution < -0.4 is 14.4 Å². The van der Waals surface area contributed by atoms with E-state index in [4.69, 9.17) is 9.47 Å². The van der Waals surface area contributed by atoms with Crippen LogP contribution in [-0.2, 0) is 0 Å². The predicted octanol–water partition coefficient (Wildman–Crippen LogP) is 2.34. The molecule has 0 saturated heterocycles. The molecule has 3 rings (SSSR count). The average Bonchev–Trinajstić information content (AvgIpc) is 2.77. The Hall–Kier alpha value is -1.90. The highest BCUT2D eigenvalue weighted by atomic mass is 16.7. The van der Waals surface area contributed by atoms with Gasteiger partial charge in [0, 0.05) is 18.0 Å². The molecule has 74 valence electrons. The van der Waals surface area contributed by atoms with E-state index in [0.717, 1.165) is 17.2 Å². The van der Waals surface area contributed by atoms with E-state index in [2.05, 4.69) is 6.54 Å². The number of benzene rings is 1. The van der Waals surface area contributed by atoms with Crippen LogP contribution in [0, 0.1) is 6.54 Å². The van der Waals surface area contributed by atoms with Crippen LogP contribution in [0.25, 0.3) is 0 Å². The Kier molecular flexibility index (Phi) is 1.88. The molecule has 0 aliphatic carbocycles. The number of rotatable bonds is 1. The second-order valence-corrected chi connectivity index (χ2v) is 3.24. The normalized spacial score (nSPS) is 17.2. The van der Waals surface area contributed by atoms with Gasteiger partial charge in [0.15, 0.2) is 11.5 Å². The standard InChI is InChI=1S/C12H9NO2/c1-2-6-13(7-3-1)10-4-5-11-12(8-10)15-9-14-11/h1-6,8H,9H2. The minimum absolute atomic E-state index is 0.307. The lowest BCUT2D eigenvalue weighted by Gasteiger charge is -2.19. The summed E-state index contributed by atoms with van der Waals surface area (Å²) in [7, 11) is 0. The van der Waals surface area contributed by atoms with E-state index in [-0.39, 0.29) is 0 Å². The number of ether oxygens (including phenoxy) is 2. The minimum Gasteiger partial charge on any atom is -0.454 e. The monoisotopic (exact) mass is 199 g/mol. The van der Waals surface area contributed by atoms with Gasteiger partial charge in [-0.3, -0.25) is 0 Å². The lowest BCUT2D eigenvalue weighted by atomic mass is 10.2. The summed E-state index contributed by atoms with van der Waals surface area (Å²) < 4.78 is 10.6. The van der Waals surface area contributed by atoms with Gasteiger partial charge in [0.05, 0.1) is 0 Å². The quantitative estimate of drug-likeness (QED) is 0.693. The summed E-state index contributed by atoms with van der Waals surface area (Å²) in [6, 6.07) is 5.83. The van der Waals surface area contributed by atoms with Crippen LogP contribution in [0.3, 0.4) is 0 Å². The number of anilines is 1. The van der Waals surface area contributed by atoms with Crippen molar-refractivity contribution in [2.24, 2.45) is 0 Å². The molecule has 0 atom stereocenters. The Morgan fingerprint density at radius 2 is 2.07 bits per heavy atom. The van der Waals surface area contributed by atoms with Crippen molar-refractivity contribution >= 4 is 5.69 Å². The first-order valence-corrected chi connectivity index (χ1v) is 4.72. The molecule has 1 aromatic rings. The molecule has 0 spiro atoms. The van der Waals surface area contributed by atoms with Gasteiger partial charge >= 0.3 is 0 Å². The molecule has 0 N–H and O–H groups in total. The van der Waals surface area contributed by atoms with Crippen molar-refractivity contribution < 1.29 is 9.47 Å². The predicted molar refractivity (Wildman–Crippen MR) is 56.6 cm³/mol. The molecule has 3 heteroatoms. The van der Waals surface area contributed by atoms with Crippen LogP contribution >= 0.6 is 0 Å². The van der Waals surface area contributed by atoms with Crippen LogP contribution in [-0.4, -0.2) is 6.79 Å². The molecular weight excluding hydrogens is 190 g/mol. The van der Waals surface area contributed by atoms with Gasteiger partial charge in [-0.15, -0.1) is 0 Å². The SMILES string of the molecule is [C]1C=CC=CN1c1ccc2c(c1)OCO2. The lowest BCUT2D eigenvalue weighted by Crippen LogP contribution is -2.11. The zero-order valence-electron chi connectivity index (χ0n) is 8.01. The zero-order chi connectivity index (χ0) is 10.1. The topological polar surface area (TPSA) is 21.7 Å². The third-order valence-corrected chi connectivity index (χ3v) is 2.29. The highest BCUT2D eigenvalue weighted by molar-refractivity contribution is 5.61. The highest BCUT2D eigenvalue weighted by Crippen LogP contribution is 2.36. The van der Waals surface area contributed by atoms with Crippen molar-refractivity contribution in [2.45, 2.75) is 0 Å². The van der Waals surface area contributed by atoms with E-state index in [1.54, 1.807) is 0 Å². The number of hydrogen-bond acceptors (Lipinski definition) is 3. The Balaban J connectivity index is 1.92. The average molecular weight is 199 g/mol. The molecule has 2 aliphatic heterocycles. The molecule has 0 saturated carbocycles. The van der Waals surface area contributed by atoms with E-state index in [0.29, 0.717) is 6.79 Å². The first-order valence-electron chi connectivity index (χ1n) is 4.72. The van der Waals surface area contributed by atoms with Crippen LogP contribution in [0.4, 0.5) is 5.69 Å². The Morgan fingerprint density at radius 3 is 2.93 bits per heavy atom. The van der Waals surface area contributed by atoms with Crippen molar-refractivity contribution in [2.75, 3.05) is 11.7 Å². The van der Waals surface area contributed by atoms with Gasteiger partial charge in [0.25, 0.3) is 0 Å². The van der Waals surface area contributed by atoms with E-state index in [1.165, 1.54) is 0 Å². The maximum absolute atomic E-state index is 5.31. The molecule has 2 heterocycles. The summed E-state index contributed by atoms with van der Waals surface area (Å²) >= 11 is 0. The van der Waals surface area contributed by atoms with Gasteiger partial charge < -0.3 is 14.4 Å². The van der Waals surface area contributed by atoms with Gasteiger partial charge in [0.2, 0.25) is 6.79 Å². The lowest BCUT2D eigenvalue weighted by molar-refractivity contribution is 0.174. The van der Waals surface area contributed by atoms with E-state index >= 15 is 0 Å². The molecule has 3 nitrogen and oxygen atoms in total. The summed E-state index contributed by atoms with van der Waals surface area (Å²) in [4.78, 5) is 1.90. The maximum atomic E-state index is 5.31. The van der Waals surface area contributed by atoms with E-state index in [9.17, 15) is 0 Å². The molecule has 0 fully saturated rings. The Bertz CT molecular complexity index is 437. The van der Waals surface area contributed by atoms with Crippen molar-refractivity contribution in [3.05, 3.63) is 49.2 Å². The molecule has 15 heavy (non-hydrogen) atoms. The van der Waals surface area contributed by atoms with Crippen LogP contribution in [0.15, 0.2) is 42.6 Å². The summed E-state index contributed by atoms with van der Waals surface area (Å²) in [5.74, 6) is 1.59. The smallest absolute Gasteiger partial charge is 0.231 e. The number of nitrogens with zero attached hydrogens (tertiary/aromatic N) is 1. The molecule has 0 amide bonds. The van der Waals surface area contributed by atoms with Gasteiger partial charge in [-0.25, -0.2) is 0 Å². The fraction of sp³-hybridized carbons (Fsp3) is 0.0833. The largest absolute Gasteiger partial charge is 0.454 e. The van der Waals surface area contributed by atoms with Gasteiger partial charge in [-0.05, 0) is 18.2 Å². The van der Waals surface area contributed by atoms with Gasteiger partial charge in [0.1, 0.15) is 6.54 Å². The molecule has 2 radical (unpaired) electrons. The molecule has 0 bridgehead atoms. The number of allylic oxidation sites excluding steroid dienone is 2. The van der Waals surface area contributed by atoms with Crippen molar-refractivity contribution in [3.63, 3.8) is 0 Å². The molecular formula is C12H9NO2. The zero-order valence-corrected chi connectivity index (χ0v) is 8.01. The van der Waals surface area contributed by atoms with E-state index < -0.39 is 0 Å². The van der Waals surface area contributed by atoms with Crippen LogP contribution in [0.5, 0.6) is 11.5 Å². The summed E-state index contributed by atoms with van der Waals surface area (Å²) in [5, 5.41) is 0. The Morgan fingerprint density at radius 1 is 1.13 bits per heavy atom. The van der Waals surface area contributed by atoms with Gasteiger partial charge in [-0.1, -0.05) is 12.2 Å². The van der Waals surface area contributed by atoms with E-state index in [1.807, 2.05) is 47.5 Å². The van der Waals surface area contributed by atoms with Gasteiger partial charge in [-0.2, -0.15) is 0 Å². The molecule has 0 unspecified atom stereocenters. The fourth-order valence-corrected chi connectivity index (χ4v) is 1.55. The summed E-state index contributed by atoms with van der Waals surface area (Å²) in [6.07, 6.45) is 7.70. The van der Waals surface area contributed by atoms with Crippen LogP contribution in [0.2, 0.25) is 0 Å². The molecule has 2 aliphatic rings. The first kappa shape index (κ1) is 8.41. The summed E-state index contributed by atoms with van der Waals surface area (Å²) in [5.41, 5.74) is 1.01. The second-order valence-electron chi connectivity index (χ2n) is 3.24. The molecule has 0 aromatic heterocycles.